The van der Waals surface area contributed by atoms with Crippen molar-refractivity contribution in [3.63, 3.8) is 0 Å². The molecule has 0 aromatic rings. The maximum Gasteiger partial charge on any atom is 0.303 e. The number of Topliss-reactive ketones (excluding diaryl/α,β-unsaturated/α-hetero) is 1. The summed E-state index contributed by atoms with van der Waals surface area (Å²) in [6, 6.07) is 0. The van der Waals surface area contributed by atoms with Crippen LogP contribution in [0.25, 0.3) is 0 Å². The number of carbonyl (C=O) groups excluding carboxylic acids is 2. The molecule has 32 heavy (non-hydrogen) atoms. The number of hydrogen-bond donors (Lipinski definition) is 2. The zero-order valence-corrected chi connectivity index (χ0v) is 19.9. The lowest BCUT2D eigenvalue weighted by molar-refractivity contribution is -0.137. The van der Waals surface area contributed by atoms with Gasteiger partial charge in [0.1, 0.15) is 5.78 Å². The lowest BCUT2D eigenvalue weighted by Gasteiger charge is -2.27. The van der Waals surface area contributed by atoms with Crippen LogP contribution in [0, 0.1) is 11.8 Å². The highest BCUT2D eigenvalue weighted by atomic mass is 16.5. The Bertz CT molecular complexity index is 617. The lowest BCUT2D eigenvalue weighted by atomic mass is 9.75. The summed E-state index contributed by atoms with van der Waals surface area (Å²) < 4.78 is 6.18. The van der Waals surface area contributed by atoms with Crippen LogP contribution in [-0.4, -0.2) is 41.5 Å². The van der Waals surface area contributed by atoms with Crippen molar-refractivity contribution in [1.29, 1.82) is 0 Å². The number of nitrogens with one attached hydrogen (secondary N) is 1. The molecule has 0 unspecified atom stereocenters. The van der Waals surface area contributed by atoms with Crippen LogP contribution in [0.15, 0.2) is 12.2 Å². The van der Waals surface area contributed by atoms with Gasteiger partial charge in [0.25, 0.3) is 0 Å². The van der Waals surface area contributed by atoms with E-state index >= 15 is 0 Å². The predicted molar refractivity (Wildman–Crippen MR) is 125 cm³/mol. The zero-order valence-electron chi connectivity index (χ0n) is 19.9. The van der Waals surface area contributed by atoms with E-state index in [0.29, 0.717) is 56.3 Å². The van der Waals surface area contributed by atoms with E-state index in [2.05, 4.69) is 24.4 Å². The summed E-state index contributed by atoms with van der Waals surface area (Å²) in [6.07, 6.45) is 17.8. The first-order chi connectivity index (χ1) is 15.5. The number of aliphatic carboxylic acids is 1. The number of carboxylic acids is 1. The fourth-order valence-electron chi connectivity index (χ4n) is 5.11. The molecule has 0 spiro atoms. The Balaban J connectivity index is 1.57. The molecule has 2 bridgehead atoms. The first kappa shape index (κ1) is 26.6. The van der Waals surface area contributed by atoms with Gasteiger partial charge in [0.15, 0.2) is 0 Å². The second kappa shape index (κ2) is 15.2. The maximum atomic E-state index is 12.0. The molecule has 2 fully saturated rings. The average molecular weight is 450 g/mol. The van der Waals surface area contributed by atoms with Crippen molar-refractivity contribution in [3.05, 3.63) is 12.2 Å². The van der Waals surface area contributed by atoms with Gasteiger partial charge in [-0.25, -0.2) is 0 Å². The summed E-state index contributed by atoms with van der Waals surface area (Å²) in [5.74, 6) is 0.619. The Kier molecular flexibility index (Phi) is 12.6. The first-order valence-electron chi connectivity index (χ1n) is 12.8. The van der Waals surface area contributed by atoms with Crippen molar-refractivity contribution in [1.82, 2.24) is 5.32 Å². The smallest absolute Gasteiger partial charge is 0.303 e. The topological polar surface area (TPSA) is 92.7 Å². The molecule has 2 N–H and O–H groups in total. The molecule has 182 valence electrons. The number of ketones is 1. The fraction of sp³-hybridized carbons (Fsp3) is 0.808. The van der Waals surface area contributed by atoms with Gasteiger partial charge in [-0.3, -0.25) is 14.4 Å². The quantitative estimate of drug-likeness (QED) is 0.222. The predicted octanol–water partition coefficient (Wildman–Crippen LogP) is 5.20. The molecule has 0 aromatic carbocycles. The molecule has 4 atom stereocenters. The third kappa shape index (κ3) is 9.85. The van der Waals surface area contributed by atoms with E-state index in [9.17, 15) is 14.4 Å². The van der Waals surface area contributed by atoms with Crippen molar-refractivity contribution in [3.8, 4) is 0 Å². The molecule has 2 saturated heterocycles. The Morgan fingerprint density at radius 3 is 2.44 bits per heavy atom. The Morgan fingerprint density at radius 2 is 1.69 bits per heavy atom. The lowest BCUT2D eigenvalue weighted by Crippen LogP contribution is -2.28. The number of carboxylic acid groups (broad SMARTS) is 1. The Labute approximate surface area is 193 Å². The molecule has 0 aliphatic carbocycles. The van der Waals surface area contributed by atoms with Crippen LogP contribution in [0.3, 0.4) is 0 Å². The van der Waals surface area contributed by atoms with Crippen LogP contribution in [0.4, 0.5) is 0 Å². The third-order valence-electron chi connectivity index (χ3n) is 6.90. The molecular weight excluding hydrogens is 406 g/mol. The maximum absolute atomic E-state index is 12.0. The number of unbranched alkanes of at least 4 members (excludes halogenated alkanes) is 4. The van der Waals surface area contributed by atoms with Crippen LogP contribution in [0.1, 0.15) is 103 Å². The molecule has 1 amide bonds. The highest BCUT2D eigenvalue weighted by molar-refractivity contribution is 5.84. The average Bonchev–Trinajstić information content (AvgIpc) is 3.36. The van der Waals surface area contributed by atoms with Crippen molar-refractivity contribution >= 4 is 17.7 Å². The Morgan fingerprint density at radius 1 is 0.906 bits per heavy atom. The summed E-state index contributed by atoms with van der Waals surface area (Å²) in [7, 11) is 0. The van der Waals surface area contributed by atoms with Crippen molar-refractivity contribution < 1.29 is 24.2 Å². The van der Waals surface area contributed by atoms with Gasteiger partial charge in [0, 0.05) is 32.2 Å². The molecule has 2 rings (SSSR count). The number of fused-ring (bicyclic) bond motifs is 2. The van der Waals surface area contributed by atoms with Gasteiger partial charge < -0.3 is 15.2 Å². The molecular formula is C26H43NO5. The number of hydrogen-bond acceptors (Lipinski definition) is 4. The minimum Gasteiger partial charge on any atom is -0.481 e. The minimum absolute atomic E-state index is 0.0111. The van der Waals surface area contributed by atoms with Gasteiger partial charge in [-0.15, -0.1) is 0 Å². The largest absolute Gasteiger partial charge is 0.481 e. The van der Waals surface area contributed by atoms with Gasteiger partial charge >= 0.3 is 5.97 Å². The van der Waals surface area contributed by atoms with E-state index in [0.717, 1.165) is 64.2 Å². The molecule has 2 aliphatic heterocycles. The molecule has 0 saturated carbocycles. The molecule has 0 aromatic heterocycles. The molecule has 2 aliphatic rings. The minimum atomic E-state index is -0.730. The molecule has 0 radical (unpaired) electrons. The van der Waals surface area contributed by atoms with Crippen LogP contribution < -0.4 is 5.32 Å². The summed E-state index contributed by atoms with van der Waals surface area (Å²) in [5.41, 5.74) is 0. The van der Waals surface area contributed by atoms with Gasteiger partial charge in [0.05, 0.1) is 12.2 Å². The van der Waals surface area contributed by atoms with Gasteiger partial charge in [-0.05, 0) is 63.2 Å². The normalized spacial score (nSPS) is 24.3. The summed E-state index contributed by atoms with van der Waals surface area (Å²) in [6.45, 7) is 2.80. The zero-order chi connectivity index (χ0) is 23.2. The number of rotatable bonds is 18. The monoisotopic (exact) mass is 449 g/mol. The summed E-state index contributed by atoms with van der Waals surface area (Å²) >= 11 is 0. The SMILES string of the molecule is CCCCCC(=O)CCC(=O)NCCCC[C@H]1[C@@H](C/C=C\CCCC(=O)O)[C@H]2CC[C@@H]1O2. The van der Waals surface area contributed by atoms with Crippen molar-refractivity contribution in [2.45, 2.75) is 115 Å². The van der Waals surface area contributed by atoms with Crippen LogP contribution >= 0.6 is 0 Å². The fourth-order valence-corrected chi connectivity index (χ4v) is 5.11. The highest BCUT2D eigenvalue weighted by Gasteiger charge is 2.47. The Hall–Kier alpha value is -1.69. The summed E-state index contributed by atoms with van der Waals surface area (Å²) in [5, 5.41) is 11.7. The van der Waals surface area contributed by atoms with E-state index in [4.69, 9.17) is 9.84 Å². The van der Waals surface area contributed by atoms with Crippen molar-refractivity contribution in [2.24, 2.45) is 11.8 Å². The molecule has 2 heterocycles. The van der Waals surface area contributed by atoms with E-state index in [-0.39, 0.29) is 18.1 Å². The highest BCUT2D eigenvalue weighted by Crippen LogP contribution is 2.47. The summed E-state index contributed by atoms with van der Waals surface area (Å²) in [4.78, 5) is 34.3. The van der Waals surface area contributed by atoms with E-state index in [1.165, 1.54) is 0 Å². The van der Waals surface area contributed by atoms with Crippen LogP contribution in [0.2, 0.25) is 0 Å². The number of allylic oxidation sites excluding steroid dienone is 2. The molecule has 6 heteroatoms. The van der Waals surface area contributed by atoms with E-state index in [1.807, 2.05) is 0 Å². The second-order valence-corrected chi connectivity index (χ2v) is 9.45. The standard InChI is InChI=1S/C26H43NO5/c1-2-3-6-11-20(28)15-18-25(29)27-19-10-9-13-22-21(23-16-17-24(22)32-23)12-7-4-5-8-14-26(30)31/h4,7,21-24H,2-3,5-6,8-19H2,1H3,(H,27,29)(H,30,31)/b7-4-/t21-,22+,23-,24+/m1/s1. The third-order valence-corrected chi connectivity index (χ3v) is 6.90. The first-order valence-corrected chi connectivity index (χ1v) is 12.8. The van der Waals surface area contributed by atoms with Gasteiger partial charge in [-0.1, -0.05) is 38.3 Å². The van der Waals surface area contributed by atoms with E-state index in [1.54, 1.807) is 0 Å². The second-order valence-electron chi connectivity index (χ2n) is 9.45. The molecule has 6 nitrogen and oxygen atoms in total. The number of carbonyl (C=O) groups is 3. The number of ether oxygens (including phenoxy) is 1. The number of amides is 1. The van der Waals surface area contributed by atoms with Crippen molar-refractivity contribution in [2.75, 3.05) is 6.54 Å². The van der Waals surface area contributed by atoms with Gasteiger partial charge in [-0.2, -0.15) is 0 Å². The van der Waals surface area contributed by atoms with Crippen LogP contribution in [-0.2, 0) is 19.1 Å². The van der Waals surface area contributed by atoms with E-state index < -0.39 is 5.97 Å². The van der Waals surface area contributed by atoms with Gasteiger partial charge in [0.2, 0.25) is 5.91 Å². The van der Waals surface area contributed by atoms with Crippen LogP contribution in [0.5, 0.6) is 0 Å².